The maximum absolute atomic E-state index is 12.1. The first-order valence-electron chi connectivity index (χ1n) is 8.50. The van der Waals surface area contributed by atoms with Crippen molar-refractivity contribution in [3.8, 4) is 5.82 Å². The van der Waals surface area contributed by atoms with E-state index in [9.17, 15) is 9.59 Å². The number of hydrogen-bond donors (Lipinski definition) is 0. The standard InChI is InChI=1S/C18H22N4O4/c1-12-8-13(2)22(20-12)16-5-4-15(9-19-16)18(24)26-11-17(23)21-6-7-25-14(3)10-21/h4-5,8-9,14H,6-7,10-11H2,1-3H3. The normalized spacial score (nSPS) is 17.2. The summed E-state index contributed by atoms with van der Waals surface area (Å²) < 4.78 is 12.2. The number of hydrogen-bond acceptors (Lipinski definition) is 6. The number of pyridine rings is 1. The number of carbonyl (C=O) groups is 2. The Kier molecular flexibility index (Phi) is 5.32. The summed E-state index contributed by atoms with van der Waals surface area (Å²) in [5.41, 5.74) is 2.14. The molecule has 0 N–H and O–H groups in total. The highest BCUT2D eigenvalue weighted by molar-refractivity contribution is 5.91. The number of aryl methyl sites for hydroxylation is 2. The van der Waals surface area contributed by atoms with Crippen LogP contribution in [0.4, 0.5) is 0 Å². The molecule has 8 nitrogen and oxygen atoms in total. The zero-order chi connectivity index (χ0) is 18.7. The van der Waals surface area contributed by atoms with Gasteiger partial charge in [-0.3, -0.25) is 4.79 Å². The fourth-order valence-electron chi connectivity index (χ4n) is 2.84. The average Bonchev–Trinajstić information content (AvgIpc) is 2.97. The van der Waals surface area contributed by atoms with E-state index in [0.29, 0.717) is 31.1 Å². The van der Waals surface area contributed by atoms with E-state index in [1.165, 1.54) is 6.20 Å². The molecule has 8 heteroatoms. The largest absolute Gasteiger partial charge is 0.452 e. The Morgan fingerprint density at radius 2 is 2.15 bits per heavy atom. The summed E-state index contributed by atoms with van der Waals surface area (Å²) in [6.45, 7) is 6.98. The maximum atomic E-state index is 12.1. The Morgan fingerprint density at radius 1 is 1.35 bits per heavy atom. The van der Waals surface area contributed by atoms with Crippen LogP contribution in [0.1, 0.15) is 28.7 Å². The lowest BCUT2D eigenvalue weighted by Crippen LogP contribution is -2.46. The number of nitrogens with zero attached hydrogens (tertiary/aromatic N) is 4. The van der Waals surface area contributed by atoms with Gasteiger partial charge in [-0.15, -0.1) is 0 Å². The Hall–Kier alpha value is -2.74. The first kappa shape index (κ1) is 18.1. The van der Waals surface area contributed by atoms with Gasteiger partial charge in [-0.05, 0) is 39.0 Å². The molecule has 2 aromatic heterocycles. The highest BCUT2D eigenvalue weighted by Crippen LogP contribution is 2.11. The summed E-state index contributed by atoms with van der Waals surface area (Å²) in [6.07, 6.45) is 1.42. The topological polar surface area (TPSA) is 86.5 Å². The minimum atomic E-state index is -0.577. The molecule has 0 saturated carbocycles. The van der Waals surface area contributed by atoms with Crippen LogP contribution in [0.5, 0.6) is 0 Å². The van der Waals surface area contributed by atoms with Gasteiger partial charge in [0.15, 0.2) is 12.4 Å². The van der Waals surface area contributed by atoms with Crippen LogP contribution in [0.25, 0.3) is 5.82 Å². The highest BCUT2D eigenvalue weighted by atomic mass is 16.5. The van der Waals surface area contributed by atoms with E-state index in [4.69, 9.17) is 9.47 Å². The van der Waals surface area contributed by atoms with Gasteiger partial charge in [0.05, 0.1) is 24.0 Å². The molecule has 1 atom stereocenters. The number of amides is 1. The van der Waals surface area contributed by atoms with Gasteiger partial charge in [0.1, 0.15) is 0 Å². The number of carbonyl (C=O) groups excluding carboxylic acids is 2. The molecule has 1 aliphatic heterocycles. The van der Waals surface area contributed by atoms with E-state index in [1.807, 2.05) is 26.8 Å². The summed E-state index contributed by atoms with van der Waals surface area (Å²) in [4.78, 5) is 30.2. The molecule has 0 aromatic carbocycles. The minimum absolute atomic E-state index is 0.00506. The second-order valence-corrected chi connectivity index (χ2v) is 6.34. The van der Waals surface area contributed by atoms with Crippen molar-refractivity contribution in [1.29, 1.82) is 0 Å². The van der Waals surface area contributed by atoms with Gasteiger partial charge < -0.3 is 14.4 Å². The summed E-state index contributed by atoms with van der Waals surface area (Å²) in [7, 11) is 0. The van der Waals surface area contributed by atoms with Crippen LogP contribution in [0, 0.1) is 13.8 Å². The van der Waals surface area contributed by atoms with Crippen LogP contribution in [-0.2, 0) is 14.3 Å². The molecule has 2 aromatic rings. The molecule has 0 bridgehead atoms. The van der Waals surface area contributed by atoms with Gasteiger partial charge in [-0.2, -0.15) is 5.10 Å². The Morgan fingerprint density at radius 3 is 2.77 bits per heavy atom. The lowest BCUT2D eigenvalue weighted by atomic mass is 10.3. The number of esters is 1. The third-order valence-corrected chi connectivity index (χ3v) is 4.13. The van der Waals surface area contributed by atoms with E-state index >= 15 is 0 Å². The number of ether oxygens (including phenoxy) is 2. The van der Waals surface area contributed by atoms with Crippen molar-refractivity contribution in [2.75, 3.05) is 26.3 Å². The monoisotopic (exact) mass is 358 g/mol. The van der Waals surface area contributed by atoms with Gasteiger partial charge >= 0.3 is 5.97 Å². The second kappa shape index (κ2) is 7.65. The molecule has 0 aliphatic carbocycles. The zero-order valence-corrected chi connectivity index (χ0v) is 15.1. The first-order chi connectivity index (χ1) is 12.4. The summed E-state index contributed by atoms with van der Waals surface area (Å²) >= 11 is 0. The van der Waals surface area contributed by atoms with E-state index in [2.05, 4.69) is 10.1 Å². The predicted molar refractivity (Wildman–Crippen MR) is 93.1 cm³/mol. The molecule has 1 saturated heterocycles. The van der Waals surface area contributed by atoms with Crippen molar-refractivity contribution in [2.24, 2.45) is 0 Å². The summed E-state index contributed by atoms with van der Waals surface area (Å²) in [5, 5.41) is 4.35. The van der Waals surface area contributed by atoms with Crippen LogP contribution < -0.4 is 0 Å². The molecule has 138 valence electrons. The van der Waals surface area contributed by atoms with Gasteiger partial charge in [-0.25, -0.2) is 14.5 Å². The smallest absolute Gasteiger partial charge is 0.340 e. The van der Waals surface area contributed by atoms with Crippen LogP contribution in [0.2, 0.25) is 0 Å². The van der Waals surface area contributed by atoms with Crippen molar-refractivity contribution in [1.82, 2.24) is 19.7 Å². The lowest BCUT2D eigenvalue weighted by Gasteiger charge is -2.30. The maximum Gasteiger partial charge on any atom is 0.340 e. The molecule has 1 amide bonds. The molecule has 26 heavy (non-hydrogen) atoms. The molecular weight excluding hydrogens is 336 g/mol. The van der Waals surface area contributed by atoms with Crippen LogP contribution in [-0.4, -0.2) is 63.9 Å². The SMILES string of the molecule is Cc1cc(C)n(-c2ccc(C(=O)OCC(=O)N3CCOC(C)C3)cn2)n1. The van der Waals surface area contributed by atoms with E-state index in [0.717, 1.165) is 11.4 Å². The third-order valence-electron chi connectivity index (χ3n) is 4.13. The van der Waals surface area contributed by atoms with Crippen LogP contribution in [0.15, 0.2) is 24.4 Å². The fraction of sp³-hybridized carbons (Fsp3) is 0.444. The van der Waals surface area contributed by atoms with Gasteiger partial charge in [-0.1, -0.05) is 0 Å². The summed E-state index contributed by atoms with van der Waals surface area (Å²) in [6, 6.07) is 5.26. The van der Waals surface area contributed by atoms with Gasteiger partial charge in [0.25, 0.3) is 5.91 Å². The van der Waals surface area contributed by atoms with E-state index < -0.39 is 5.97 Å². The minimum Gasteiger partial charge on any atom is -0.452 e. The number of rotatable bonds is 4. The molecular formula is C18H22N4O4. The number of aromatic nitrogens is 3. The Bertz CT molecular complexity index is 800. The molecule has 0 spiro atoms. The van der Waals surface area contributed by atoms with Crippen LogP contribution >= 0.6 is 0 Å². The average molecular weight is 358 g/mol. The van der Waals surface area contributed by atoms with Crippen molar-refractivity contribution in [3.63, 3.8) is 0 Å². The molecule has 3 heterocycles. The molecule has 0 radical (unpaired) electrons. The molecule has 1 unspecified atom stereocenters. The lowest BCUT2D eigenvalue weighted by molar-refractivity contribution is -0.141. The molecule has 1 fully saturated rings. The Balaban J connectivity index is 1.58. The van der Waals surface area contributed by atoms with Gasteiger partial charge in [0, 0.05) is 25.0 Å². The Labute approximate surface area is 151 Å². The van der Waals surface area contributed by atoms with E-state index in [-0.39, 0.29) is 18.6 Å². The fourth-order valence-corrected chi connectivity index (χ4v) is 2.84. The zero-order valence-electron chi connectivity index (χ0n) is 15.1. The molecule has 3 rings (SSSR count). The molecule has 1 aliphatic rings. The summed E-state index contributed by atoms with van der Waals surface area (Å²) in [5.74, 6) is -0.182. The number of morpholine rings is 1. The van der Waals surface area contributed by atoms with Crippen molar-refractivity contribution < 1.29 is 19.1 Å². The van der Waals surface area contributed by atoms with Crippen LogP contribution in [0.3, 0.4) is 0 Å². The first-order valence-corrected chi connectivity index (χ1v) is 8.50. The van der Waals surface area contributed by atoms with Crippen molar-refractivity contribution >= 4 is 11.9 Å². The highest BCUT2D eigenvalue weighted by Gasteiger charge is 2.22. The van der Waals surface area contributed by atoms with Crippen molar-refractivity contribution in [2.45, 2.75) is 26.9 Å². The predicted octanol–water partition coefficient (Wildman–Crippen LogP) is 1.29. The second-order valence-electron chi connectivity index (χ2n) is 6.34. The quantitative estimate of drug-likeness (QED) is 0.766. The third kappa shape index (κ3) is 4.08. The van der Waals surface area contributed by atoms with E-state index in [1.54, 1.807) is 21.7 Å². The van der Waals surface area contributed by atoms with Crippen molar-refractivity contribution in [3.05, 3.63) is 41.3 Å². The van der Waals surface area contributed by atoms with Gasteiger partial charge in [0.2, 0.25) is 0 Å².